The first-order chi connectivity index (χ1) is 8.08. The maximum atomic E-state index is 11.7. The molecule has 1 amide bonds. The Labute approximate surface area is 105 Å². The first-order valence-electron chi connectivity index (χ1n) is 5.78. The van der Waals surface area contributed by atoms with E-state index in [-0.39, 0.29) is 5.91 Å². The monoisotopic (exact) mass is 237 g/mol. The van der Waals surface area contributed by atoms with Gasteiger partial charge in [0.15, 0.2) is 6.29 Å². The van der Waals surface area contributed by atoms with Crippen LogP contribution in [0.15, 0.2) is 36.0 Å². The molecule has 0 heterocycles. The van der Waals surface area contributed by atoms with Crippen LogP contribution in [0.1, 0.15) is 27.2 Å². The molecule has 0 rings (SSSR count). The molecule has 0 spiro atoms. The Morgan fingerprint density at radius 3 is 2.12 bits per heavy atom. The summed E-state index contributed by atoms with van der Waals surface area (Å²) in [7, 11) is 3.29. The number of amides is 1. The molecule has 0 aromatic rings. The van der Waals surface area contributed by atoms with Gasteiger partial charge < -0.3 is 4.90 Å². The zero-order valence-corrected chi connectivity index (χ0v) is 11.5. The van der Waals surface area contributed by atoms with Crippen LogP contribution in [0, 0.1) is 0 Å². The molecular weight excluding hydrogens is 214 g/mol. The normalized spacial score (nSPS) is 11.1. The number of rotatable bonds is 5. The molecule has 0 aromatic heterocycles. The summed E-state index contributed by atoms with van der Waals surface area (Å²) in [5, 5.41) is 0. The van der Waals surface area contributed by atoms with E-state index in [0.29, 0.717) is 23.9 Å². The fraction of sp³-hybridized carbons (Fsp3) is 0.429. The van der Waals surface area contributed by atoms with Gasteiger partial charge in [0, 0.05) is 25.2 Å². The van der Waals surface area contributed by atoms with Crippen molar-refractivity contribution < 1.29 is 9.59 Å². The lowest BCUT2D eigenvalue weighted by Crippen LogP contribution is -2.24. The van der Waals surface area contributed by atoms with Gasteiger partial charge in [-0.2, -0.15) is 0 Å². The quantitative estimate of drug-likeness (QED) is 0.419. The number of aldehydes is 1. The third-order valence-electron chi connectivity index (χ3n) is 1.78. The van der Waals surface area contributed by atoms with Crippen LogP contribution in [0.5, 0.6) is 0 Å². The molecule has 0 saturated carbocycles. The van der Waals surface area contributed by atoms with Crippen molar-refractivity contribution >= 4 is 12.2 Å². The first-order valence-corrected chi connectivity index (χ1v) is 5.78. The van der Waals surface area contributed by atoms with Crippen molar-refractivity contribution in [3.8, 4) is 0 Å². The molecule has 0 N–H and O–H groups in total. The molecule has 3 nitrogen and oxygen atoms in total. The molecule has 0 bridgehead atoms. The Bertz CT molecular complexity index is 312. The van der Waals surface area contributed by atoms with Gasteiger partial charge in [-0.1, -0.05) is 39.5 Å². The second-order valence-electron chi connectivity index (χ2n) is 3.20. The molecule has 0 aliphatic carbocycles. The molecule has 0 atom stereocenters. The summed E-state index contributed by atoms with van der Waals surface area (Å²) < 4.78 is 0. The van der Waals surface area contributed by atoms with E-state index in [9.17, 15) is 9.59 Å². The fourth-order valence-corrected chi connectivity index (χ4v) is 1.09. The third kappa shape index (κ3) is 6.51. The Kier molecular flexibility index (Phi) is 11.3. The second kappa shape index (κ2) is 10.9. The van der Waals surface area contributed by atoms with Crippen LogP contribution in [-0.4, -0.2) is 31.2 Å². The van der Waals surface area contributed by atoms with E-state index < -0.39 is 0 Å². The fourth-order valence-electron chi connectivity index (χ4n) is 1.09. The summed E-state index contributed by atoms with van der Waals surface area (Å²) in [6.07, 6.45) is 6.19. The van der Waals surface area contributed by atoms with E-state index in [2.05, 4.69) is 6.58 Å². The van der Waals surface area contributed by atoms with Crippen LogP contribution in [0.4, 0.5) is 0 Å². The van der Waals surface area contributed by atoms with Gasteiger partial charge in [-0.05, 0) is 12.5 Å². The highest BCUT2D eigenvalue weighted by atomic mass is 16.2. The van der Waals surface area contributed by atoms with Gasteiger partial charge in [-0.25, -0.2) is 0 Å². The van der Waals surface area contributed by atoms with E-state index in [4.69, 9.17) is 0 Å². The maximum Gasteiger partial charge on any atom is 0.254 e. The zero-order chi connectivity index (χ0) is 13.8. The van der Waals surface area contributed by atoms with Gasteiger partial charge in [0.2, 0.25) is 0 Å². The smallest absolute Gasteiger partial charge is 0.254 e. The van der Waals surface area contributed by atoms with E-state index >= 15 is 0 Å². The van der Waals surface area contributed by atoms with Crippen LogP contribution in [0.25, 0.3) is 0 Å². The zero-order valence-electron chi connectivity index (χ0n) is 11.5. The van der Waals surface area contributed by atoms with Crippen molar-refractivity contribution in [2.24, 2.45) is 0 Å². The van der Waals surface area contributed by atoms with E-state index in [0.717, 1.165) is 0 Å². The average Bonchev–Trinajstić information content (AvgIpc) is 2.35. The number of hydrogen-bond donors (Lipinski definition) is 0. The van der Waals surface area contributed by atoms with Crippen LogP contribution < -0.4 is 0 Å². The summed E-state index contributed by atoms with van der Waals surface area (Å²) in [6.45, 7) is 9.44. The van der Waals surface area contributed by atoms with Crippen molar-refractivity contribution in [1.82, 2.24) is 4.90 Å². The molecule has 3 heteroatoms. The lowest BCUT2D eigenvalue weighted by Gasteiger charge is -2.13. The first kappa shape index (κ1) is 17.7. The van der Waals surface area contributed by atoms with Gasteiger partial charge in [-0.15, -0.1) is 0 Å². The summed E-state index contributed by atoms with van der Waals surface area (Å²) >= 11 is 0. The van der Waals surface area contributed by atoms with Gasteiger partial charge in [0.1, 0.15) is 0 Å². The summed E-state index contributed by atoms with van der Waals surface area (Å²) in [6, 6.07) is 0. The minimum atomic E-state index is -0.193. The number of carbonyl (C=O) groups excluding carboxylic acids is 2. The van der Waals surface area contributed by atoms with Gasteiger partial charge in [-0.3, -0.25) is 9.59 Å². The lowest BCUT2D eigenvalue weighted by molar-refractivity contribution is -0.124. The number of nitrogens with zero attached hydrogens (tertiary/aromatic N) is 1. The molecular formula is C14H23NO2. The molecule has 0 fully saturated rings. The summed E-state index contributed by atoms with van der Waals surface area (Å²) in [4.78, 5) is 24.0. The third-order valence-corrected chi connectivity index (χ3v) is 1.78. The van der Waals surface area contributed by atoms with E-state index in [1.165, 1.54) is 11.0 Å². The Morgan fingerprint density at radius 1 is 1.29 bits per heavy atom. The van der Waals surface area contributed by atoms with Gasteiger partial charge >= 0.3 is 0 Å². The molecule has 96 valence electrons. The Morgan fingerprint density at radius 2 is 1.82 bits per heavy atom. The van der Waals surface area contributed by atoms with Crippen LogP contribution in [-0.2, 0) is 9.59 Å². The summed E-state index contributed by atoms with van der Waals surface area (Å²) in [5.41, 5.74) is 0.794. The van der Waals surface area contributed by atoms with Crippen molar-refractivity contribution in [2.75, 3.05) is 14.1 Å². The molecule has 17 heavy (non-hydrogen) atoms. The number of allylic oxidation sites excluding steroid dienone is 3. The largest absolute Gasteiger partial charge is 0.345 e. The topological polar surface area (TPSA) is 37.4 Å². The SMILES string of the molecule is C=C/C=C(C(=O)N(C)C)\C(C=O)=C/CC.CC. The Hall–Kier alpha value is -1.64. The number of hydrogen-bond acceptors (Lipinski definition) is 2. The molecule has 0 aromatic carbocycles. The lowest BCUT2D eigenvalue weighted by atomic mass is 10.0. The van der Waals surface area contributed by atoms with Crippen LogP contribution in [0.2, 0.25) is 0 Å². The van der Waals surface area contributed by atoms with Crippen molar-refractivity contribution in [2.45, 2.75) is 27.2 Å². The minimum absolute atomic E-state index is 0.193. The average molecular weight is 237 g/mol. The maximum absolute atomic E-state index is 11.7. The van der Waals surface area contributed by atoms with Crippen LogP contribution in [0.3, 0.4) is 0 Å². The van der Waals surface area contributed by atoms with Gasteiger partial charge in [0.05, 0.1) is 0 Å². The second-order valence-corrected chi connectivity index (χ2v) is 3.20. The summed E-state index contributed by atoms with van der Waals surface area (Å²) in [5.74, 6) is -0.193. The highest BCUT2D eigenvalue weighted by Gasteiger charge is 2.14. The molecule has 0 saturated heterocycles. The highest BCUT2D eigenvalue weighted by molar-refractivity contribution is 6.04. The van der Waals surface area contributed by atoms with E-state index in [1.54, 1.807) is 26.2 Å². The number of likely N-dealkylation sites (N-methyl/N-ethyl adjacent to an activating group) is 1. The predicted octanol–water partition coefficient (Wildman–Crippen LogP) is 2.75. The van der Waals surface area contributed by atoms with Crippen molar-refractivity contribution in [1.29, 1.82) is 0 Å². The standard InChI is InChI=1S/C12H17NO2.C2H6/c1-5-7-10(9-14)11(8-6-2)12(15)13(3)4;1-2/h6-9H,2,5H2,1,3-4H3;1-2H3/b10-7-,11-8+;. The Balaban J connectivity index is 0. The predicted molar refractivity (Wildman–Crippen MR) is 72.8 cm³/mol. The van der Waals surface area contributed by atoms with Crippen LogP contribution >= 0.6 is 0 Å². The highest BCUT2D eigenvalue weighted by Crippen LogP contribution is 2.11. The van der Waals surface area contributed by atoms with Gasteiger partial charge in [0.25, 0.3) is 5.91 Å². The molecule has 0 radical (unpaired) electrons. The van der Waals surface area contributed by atoms with E-state index in [1.807, 2.05) is 20.8 Å². The minimum Gasteiger partial charge on any atom is -0.345 e. The van der Waals surface area contributed by atoms with Crippen molar-refractivity contribution in [3.05, 3.63) is 36.0 Å². The molecule has 0 aliphatic heterocycles. The number of carbonyl (C=O) groups is 2. The molecule has 0 unspecified atom stereocenters. The molecule has 0 aliphatic rings. The van der Waals surface area contributed by atoms with Crippen molar-refractivity contribution in [3.63, 3.8) is 0 Å².